The van der Waals surface area contributed by atoms with Crippen LogP contribution in [-0.2, 0) is 10.1 Å². The fourth-order valence-corrected chi connectivity index (χ4v) is 11.4. The van der Waals surface area contributed by atoms with Gasteiger partial charge in [0.15, 0.2) is 5.75 Å². The van der Waals surface area contributed by atoms with Gasteiger partial charge in [0.05, 0.1) is 0 Å². The second-order valence-corrected chi connectivity index (χ2v) is 22.9. The highest BCUT2D eigenvalue weighted by Gasteiger charge is 2.49. The van der Waals surface area contributed by atoms with E-state index in [2.05, 4.69) is 258 Å². The summed E-state index contributed by atoms with van der Waals surface area (Å²) in [5.74, 6) is -0.364. The molecule has 0 heterocycles. The third kappa shape index (κ3) is 13.1. The number of fused-ring (bicyclic) bond motifs is 3. The van der Waals surface area contributed by atoms with Gasteiger partial charge in [-0.25, -0.2) is 0 Å². The molecular weight excluding hydrogens is 1140 g/mol. The van der Waals surface area contributed by atoms with Crippen LogP contribution in [0.1, 0.15) is 0 Å². The molecule has 0 saturated heterocycles. The topological polar surface area (TPSA) is 46.6 Å². The van der Waals surface area contributed by atoms with E-state index >= 15 is 0 Å². The summed E-state index contributed by atoms with van der Waals surface area (Å²) in [6.07, 6.45) is 0. The molecule has 9 heteroatoms. The summed E-state index contributed by atoms with van der Waals surface area (Å²) in [4.78, 5) is 2.32. The van der Waals surface area contributed by atoms with Gasteiger partial charge in [0.25, 0.3) is 0 Å². The van der Waals surface area contributed by atoms with Gasteiger partial charge in [0.2, 0.25) is 0 Å². The van der Waals surface area contributed by atoms with Crippen LogP contribution in [0.15, 0.2) is 334 Å². The van der Waals surface area contributed by atoms with Gasteiger partial charge in [0, 0.05) is 27.6 Å². The van der Waals surface area contributed by atoms with Crippen molar-refractivity contribution in [2.24, 2.45) is 0 Å². The number of anilines is 3. The van der Waals surface area contributed by atoms with E-state index in [1.54, 1.807) is 60.7 Å². The Morgan fingerprint density at radius 2 is 0.534 bits per heavy atom. The van der Waals surface area contributed by atoms with Crippen LogP contribution in [0.3, 0.4) is 0 Å². The molecular formula is C79H55ClF3NO3S. The SMILES string of the molecule is Clc1ccc(-c2cc3ccccc3cc2-c2ccccc2)cc1.O=S(=O)(Oc1cc2ccccc2cc1-c1ccccc1)C(F)(F)F.c1ccc(-c2ccc(N(c3ccccc3)c3ccc(-c4cc5ccccc5cc4-c4ccccc4)cc3)cc2)cc1. The van der Waals surface area contributed by atoms with Gasteiger partial charge >= 0.3 is 15.6 Å². The van der Waals surface area contributed by atoms with Gasteiger partial charge in [-0.15, -0.1) is 0 Å². The van der Waals surface area contributed by atoms with E-state index in [1.165, 1.54) is 83.2 Å². The van der Waals surface area contributed by atoms with Crippen LogP contribution >= 0.6 is 11.6 Å². The summed E-state index contributed by atoms with van der Waals surface area (Å²) >= 11 is 6.05. The fourth-order valence-electron chi connectivity index (χ4n) is 10.8. The van der Waals surface area contributed by atoms with Crippen LogP contribution in [0.5, 0.6) is 5.75 Å². The van der Waals surface area contributed by atoms with E-state index in [-0.39, 0.29) is 11.3 Å². The van der Waals surface area contributed by atoms with Crippen LogP contribution in [0.25, 0.3) is 99.1 Å². The van der Waals surface area contributed by atoms with E-state index in [4.69, 9.17) is 11.6 Å². The van der Waals surface area contributed by atoms with Gasteiger partial charge in [-0.3, -0.25) is 0 Å². The number of rotatable bonds is 11. The fraction of sp³-hybridized carbons (Fsp3) is 0.0127. The lowest BCUT2D eigenvalue weighted by Gasteiger charge is -2.26. The highest BCUT2D eigenvalue weighted by molar-refractivity contribution is 7.88. The van der Waals surface area contributed by atoms with Crippen LogP contribution in [0, 0.1) is 0 Å². The van der Waals surface area contributed by atoms with Crippen molar-refractivity contribution in [1.29, 1.82) is 0 Å². The third-order valence-corrected chi connectivity index (χ3v) is 16.4. The van der Waals surface area contributed by atoms with E-state index in [9.17, 15) is 21.6 Å². The molecule has 0 saturated carbocycles. The van der Waals surface area contributed by atoms with Crippen LogP contribution in [0.4, 0.5) is 30.2 Å². The maximum Gasteiger partial charge on any atom is 0.534 e. The molecule has 0 unspecified atom stereocenters. The Hall–Kier alpha value is -10.5. The average Bonchev–Trinajstić information content (AvgIpc) is 2.78. The van der Waals surface area contributed by atoms with Gasteiger partial charge in [-0.1, -0.05) is 260 Å². The molecule has 0 atom stereocenters. The largest absolute Gasteiger partial charge is 0.534 e. The Morgan fingerprint density at radius 1 is 0.284 bits per heavy atom. The first kappa shape index (κ1) is 57.9. The first-order valence-electron chi connectivity index (χ1n) is 28.5. The molecule has 0 radical (unpaired) electrons. The predicted octanol–water partition coefficient (Wildman–Crippen LogP) is 22.9. The lowest BCUT2D eigenvalue weighted by Crippen LogP contribution is -2.28. The van der Waals surface area contributed by atoms with Gasteiger partial charge in [-0.05, 0) is 178 Å². The molecule has 0 aliphatic carbocycles. The van der Waals surface area contributed by atoms with Crippen molar-refractivity contribution in [3.05, 3.63) is 339 Å². The Bertz CT molecular complexity index is 4790. The number of hydrogen-bond acceptors (Lipinski definition) is 4. The molecule has 0 bridgehead atoms. The van der Waals surface area contributed by atoms with Crippen LogP contribution < -0.4 is 9.08 Å². The van der Waals surface area contributed by atoms with Gasteiger partial charge in [0.1, 0.15) is 0 Å². The third-order valence-electron chi connectivity index (χ3n) is 15.2. The zero-order chi connectivity index (χ0) is 60.5. The molecule has 0 fully saturated rings. The summed E-state index contributed by atoms with van der Waals surface area (Å²) in [6.45, 7) is 0. The molecule has 4 nitrogen and oxygen atoms in total. The first-order valence-corrected chi connectivity index (χ1v) is 30.3. The minimum atomic E-state index is -5.75. The summed E-state index contributed by atoms with van der Waals surface area (Å²) < 4.78 is 65.2. The molecule has 0 N–H and O–H groups in total. The van der Waals surface area contributed by atoms with E-state index in [0.717, 1.165) is 27.5 Å². The first-order chi connectivity index (χ1) is 42.9. The van der Waals surface area contributed by atoms with E-state index in [0.29, 0.717) is 10.9 Å². The van der Waals surface area contributed by atoms with Crippen molar-refractivity contribution in [3.8, 4) is 72.5 Å². The number of nitrogens with zero attached hydrogens (tertiary/aromatic N) is 1. The van der Waals surface area contributed by atoms with Crippen molar-refractivity contribution < 1.29 is 25.8 Å². The predicted molar refractivity (Wildman–Crippen MR) is 360 cm³/mol. The average molecular weight is 1190 g/mol. The van der Waals surface area contributed by atoms with Crippen molar-refractivity contribution in [3.63, 3.8) is 0 Å². The van der Waals surface area contributed by atoms with Crippen molar-refractivity contribution in [2.75, 3.05) is 4.90 Å². The minimum Gasteiger partial charge on any atom is -0.375 e. The molecule has 14 rings (SSSR count). The van der Waals surface area contributed by atoms with Crippen molar-refractivity contribution >= 4 is 71.1 Å². The number of para-hydroxylation sites is 1. The second-order valence-electron chi connectivity index (χ2n) is 20.9. The van der Waals surface area contributed by atoms with Gasteiger partial charge < -0.3 is 9.08 Å². The van der Waals surface area contributed by atoms with E-state index in [1.807, 2.05) is 18.2 Å². The zero-order valence-corrected chi connectivity index (χ0v) is 48.9. The Labute approximate surface area is 515 Å². The minimum absolute atomic E-state index is 0.266. The van der Waals surface area contributed by atoms with Crippen molar-refractivity contribution in [1.82, 2.24) is 0 Å². The summed E-state index contributed by atoms with van der Waals surface area (Å²) in [5.41, 5.74) is 10.9. The summed E-state index contributed by atoms with van der Waals surface area (Å²) in [6, 6.07) is 113. The van der Waals surface area contributed by atoms with Gasteiger partial charge in [-0.2, -0.15) is 21.6 Å². The van der Waals surface area contributed by atoms with E-state index < -0.39 is 15.6 Å². The Kier molecular flexibility index (Phi) is 17.1. The molecule has 0 aliphatic heterocycles. The number of halogens is 4. The lowest BCUT2D eigenvalue weighted by molar-refractivity contribution is -0.0499. The molecule has 14 aromatic carbocycles. The highest BCUT2D eigenvalue weighted by atomic mass is 35.5. The summed E-state index contributed by atoms with van der Waals surface area (Å²) in [7, 11) is -5.75. The standard InChI is InChI=1S/C40H29N.C22H15Cl.C17H11F3O3S/c1-4-12-30(13-5-1)31-20-24-37(25-21-31)41(36-18-8-3-9-19-36)38-26-22-33(23-27-38)40-29-35-17-11-10-16-34(35)28-39(40)32-14-6-2-7-15-32;23-20-12-10-17(11-13-20)22-15-19-9-5-4-8-18(19)14-21(22)16-6-2-1-3-7-16;18-17(19,20)24(21,22)23-16-11-14-9-5-4-8-13(14)10-15(16)12-6-2-1-3-7-12/h1-29H;1-15H;1-11H. The Morgan fingerprint density at radius 3 is 0.898 bits per heavy atom. The monoisotopic (exact) mass is 1190 g/mol. The number of alkyl halides is 3. The molecule has 0 amide bonds. The Balaban J connectivity index is 0.000000138. The van der Waals surface area contributed by atoms with Crippen molar-refractivity contribution in [2.45, 2.75) is 5.51 Å². The molecule has 88 heavy (non-hydrogen) atoms. The maximum atomic E-state index is 12.7. The number of benzene rings is 14. The summed E-state index contributed by atoms with van der Waals surface area (Å²) in [5, 5.41) is 7.09. The second kappa shape index (κ2) is 26.0. The van der Waals surface area contributed by atoms with Crippen LogP contribution in [0.2, 0.25) is 5.02 Å². The maximum absolute atomic E-state index is 12.7. The lowest BCUT2D eigenvalue weighted by atomic mass is 9.91. The molecule has 0 aliphatic rings. The number of hydrogen-bond donors (Lipinski definition) is 0. The molecule has 0 spiro atoms. The normalized spacial score (nSPS) is 11.3. The smallest absolute Gasteiger partial charge is 0.375 e. The molecule has 14 aromatic rings. The van der Waals surface area contributed by atoms with Crippen LogP contribution in [-0.4, -0.2) is 13.9 Å². The highest BCUT2D eigenvalue weighted by Crippen LogP contribution is 2.42. The molecule has 0 aromatic heterocycles. The quantitative estimate of drug-likeness (QED) is 0.0956. The zero-order valence-electron chi connectivity index (χ0n) is 47.3. The molecule has 428 valence electrons.